The number of alkyl halides is 3. The number of nitrogens with zero attached hydrogens (tertiary/aromatic N) is 1. The molecule has 0 aliphatic carbocycles. The lowest BCUT2D eigenvalue weighted by Crippen LogP contribution is -2.42. The normalized spacial score (nSPS) is 14.9. The summed E-state index contributed by atoms with van der Waals surface area (Å²) in [6, 6.07) is 6.08. The molecule has 2 aromatic carbocycles. The van der Waals surface area contributed by atoms with Gasteiger partial charge in [0.05, 0.1) is 35.3 Å². The van der Waals surface area contributed by atoms with Crippen LogP contribution in [-0.2, 0) is 20.4 Å². The first kappa shape index (κ1) is 27.5. The van der Waals surface area contributed by atoms with Crippen LogP contribution in [0.25, 0.3) is 0 Å². The first-order valence-electron chi connectivity index (χ1n) is 11.1. The number of amides is 1. The van der Waals surface area contributed by atoms with Crippen LogP contribution in [0.1, 0.15) is 31.7 Å². The molecule has 13 heteroatoms. The molecule has 1 aliphatic rings. The average Bonchev–Trinajstić information content (AvgIpc) is 3.34. The topological polar surface area (TPSA) is 109 Å². The van der Waals surface area contributed by atoms with E-state index in [4.69, 9.17) is 30.5 Å². The Hall–Kier alpha value is -3.09. The van der Waals surface area contributed by atoms with E-state index < -0.39 is 40.7 Å². The molecule has 196 valence electrons. The Kier molecular flexibility index (Phi) is 9.35. The van der Waals surface area contributed by atoms with Gasteiger partial charge in [0.2, 0.25) is 5.75 Å². The molecule has 1 unspecified atom stereocenters. The molecule has 0 bridgehead atoms. The predicted molar refractivity (Wildman–Crippen MR) is 122 cm³/mol. The smallest absolute Gasteiger partial charge is 0.416 e. The second-order valence-electron chi connectivity index (χ2n) is 7.80. The van der Waals surface area contributed by atoms with Gasteiger partial charge in [-0.05, 0) is 37.1 Å². The number of rotatable bonds is 11. The van der Waals surface area contributed by atoms with Gasteiger partial charge < -0.3 is 24.3 Å². The Bertz CT molecular complexity index is 1080. The van der Waals surface area contributed by atoms with E-state index in [-0.39, 0.29) is 35.2 Å². The van der Waals surface area contributed by atoms with Crippen molar-refractivity contribution in [2.45, 2.75) is 44.8 Å². The fourth-order valence-electron chi connectivity index (χ4n) is 3.30. The minimum absolute atomic E-state index is 0.0136. The summed E-state index contributed by atoms with van der Waals surface area (Å²) >= 11 is 5.94. The minimum atomic E-state index is -4.58. The van der Waals surface area contributed by atoms with Crippen molar-refractivity contribution >= 4 is 23.2 Å². The largest absolute Gasteiger partial charge is 0.473 e. The van der Waals surface area contributed by atoms with Gasteiger partial charge in [0, 0.05) is 12.1 Å². The Morgan fingerprint density at radius 1 is 1.22 bits per heavy atom. The fourth-order valence-corrected chi connectivity index (χ4v) is 3.52. The molecule has 1 heterocycles. The molecule has 0 radical (unpaired) electrons. The van der Waals surface area contributed by atoms with E-state index in [2.05, 4.69) is 5.32 Å². The number of hydrogen-bond donors (Lipinski definition) is 1. The molecular weight excluding hydrogens is 509 g/mol. The van der Waals surface area contributed by atoms with E-state index in [1.807, 2.05) is 6.92 Å². The van der Waals surface area contributed by atoms with E-state index in [0.717, 1.165) is 24.6 Å². The van der Waals surface area contributed by atoms with Crippen LogP contribution < -0.4 is 14.8 Å². The SMILES string of the molecule is CCCCC(Oc1cc(Oc2ccc(C(F)(F)F)cc2Cl)ccc1[N+](=O)[O-])C(=O)NCC1OCCO1. The van der Waals surface area contributed by atoms with Crippen LogP contribution in [0.4, 0.5) is 18.9 Å². The number of unbranched alkanes of at least 4 members (excludes halogenated alkanes) is 1. The minimum Gasteiger partial charge on any atom is -0.473 e. The molecule has 1 aliphatic heterocycles. The number of nitro benzene ring substituents is 1. The standard InChI is InChI=1S/C23H24ClF3N2O7/c1-2-3-4-19(22(30)28-13-21-33-9-10-34-21)36-20-12-15(6-7-17(20)29(31)32)35-18-8-5-14(11-16(18)24)23(25,26)27/h5-8,11-12,19,21H,2-4,9-10,13H2,1H3,(H,28,30). The number of halogens is 4. The molecule has 2 aromatic rings. The van der Waals surface area contributed by atoms with Crippen molar-refractivity contribution in [3.05, 3.63) is 57.1 Å². The molecule has 0 aromatic heterocycles. The molecule has 0 spiro atoms. The number of ether oxygens (including phenoxy) is 4. The van der Waals surface area contributed by atoms with Gasteiger partial charge in [-0.25, -0.2) is 0 Å². The summed E-state index contributed by atoms with van der Waals surface area (Å²) < 4.78 is 60.6. The van der Waals surface area contributed by atoms with Crippen LogP contribution in [0.15, 0.2) is 36.4 Å². The van der Waals surface area contributed by atoms with Crippen molar-refractivity contribution in [2.75, 3.05) is 19.8 Å². The Labute approximate surface area is 209 Å². The Morgan fingerprint density at radius 2 is 1.94 bits per heavy atom. The maximum atomic E-state index is 12.9. The number of nitrogens with one attached hydrogen (secondary N) is 1. The maximum absolute atomic E-state index is 12.9. The van der Waals surface area contributed by atoms with Gasteiger partial charge in [-0.2, -0.15) is 13.2 Å². The summed E-state index contributed by atoms with van der Waals surface area (Å²) in [6.07, 6.45) is -4.59. The second kappa shape index (κ2) is 12.2. The highest BCUT2D eigenvalue weighted by Crippen LogP contribution is 2.39. The maximum Gasteiger partial charge on any atom is 0.416 e. The third-order valence-electron chi connectivity index (χ3n) is 5.13. The molecule has 1 amide bonds. The Balaban J connectivity index is 1.80. The van der Waals surface area contributed by atoms with Gasteiger partial charge in [0.15, 0.2) is 12.4 Å². The van der Waals surface area contributed by atoms with E-state index >= 15 is 0 Å². The van der Waals surface area contributed by atoms with E-state index in [1.54, 1.807) is 0 Å². The first-order valence-corrected chi connectivity index (χ1v) is 11.5. The molecule has 0 saturated carbocycles. The highest BCUT2D eigenvalue weighted by molar-refractivity contribution is 6.32. The zero-order valence-corrected chi connectivity index (χ0v) is 19.9. The van der Waals surface area contributed by atoms with Gasteiger partial charge in [-0.15, -0.1) is 0 Å². The lowest BCUT2D eigenvalue weighted by atomic mass is 10.1. The molecular formula is C23H24ClF3N2O7. The fraction of sp³-hybridized carbons (Fsp3) is 0.435. The van der Waals surface area contributed by atoms with E-state index in [0.29, 0.717) is 25.7 Å². The molecule has 36 heavy (non-hydrogen) atoms. The molecule has 1 N–H and O–H groups in total. The second-order valence-corrected chi connectivity index (χ2v) is 8.20. The van der Waals surface area contributed by atoms with E-state index in [1.165, 1.54) is 12.1 Å². The summed E-state index contributed by atoms with van der Waals surface area (Å²) in [5, 5.41) is 13.9. The zero-order valence-electron chi connectivity index (χ0n) is 19.2. The van der Waals surface area contributed by atoms with Crippen LogP contribution in [0.5, 0.6) is 17.2 Å². The number of benzene rings is 2. The Morgan fingerprint density at radius 3 is 2.56 bits per heavy atom. The summed E-state index contributed by atoms with van der Waals surface area (Å²) in [5.74, 6) is -0.833. The van der Waals surface area contributed by atoms with Crippen molar-refractivity contribution < 1.29 is 41.8 Å². The van der Waals surface area contributed by atoms with Crippen LogP contribution in [0, 0.1) is 10.1 Å². The van der Waals surface area contributed by atoms with Gasteiger partial charge in [-0.3, -0.25) is 14.9 Å². The van der Waals surface area contributed by atoms with Crippen molar-refractivity contribution in [2.24, 2.45) is 0 Å². The number of nitro groups is 1. The van der Waals surface area contributed by atoms with Crippen LogP contribution in [0.2, 0.25) is 5.02 Å². The first-order chi connectivity index (χ1) is 17.1. The van der Waals surface area contributed by atoms with Gasteiger partial charge in [0.25, 0.3) is 5.91 Å². The van der Waals surface area contributed by atoms with E-state index in [9.17, 15) is 28.1 Å². The van der Waals surface area contributed by atoms with Crippen molar-refractivity contribution in [1.82, 2.24) is 5.32 Å². The van der Waals surface area contributed by atoms with Crippen LogP contribution in [-0.4, -0.2) is 43.0 Å². The molecule has 1 fully saturated rings. The van der Waals surface area contributed by atoms with Gasteiger partial charge in [-0.1, -0.05) is 24.9 Å². The van der Waals surface area contributed by atoms with Crippen LogP contribution >= 0.6 is 11.6 Å². The number of carbonyl (C=O) groups is 1. The number of hydrogen-bond acceptors (Lipinski definition) is 7. The summed E-state index contributed by atoms with van der Waals surface area (Å²) in [5.41, 5.74) is -1.37. The van der Waals surface area contributed by atoms with Crippen molar-refractivity contribution in [3.63, 3.8) is 0 Å². The lowest BCUT2D eigenvalue weighted by molar-refractivity contribution is -0.386. The van der Waals surface area contributed by atoms with Gasteiger partial charge >= 0.3 is 11.9 Å². The van der Waals surface area contributed by atoms with Gasteiger partial charge in [0.1, 0.15) is 11.5 Å². The highest BCUT2D eigenvalue weighted by atomic mass is 35.5. The molecule has 3 rings (SSSR count). The lowest BCUT2D eigenvalue weighted by Gasteiger charge is -2.20. The summed E-state index contributed by atoms with van der Waals surface area (Å²) in [6.45, 7) is 2.83. The zero-order chi connectivity index (χ0) is 26.3. The monoisotopic (exact) mass is 532 g/mol. The van der Waals surface area contributed by atoms with Crippen molar-refractivity contribution in [1.29, 1.82) is 0 Å². The molecule has 1 atom stereocenters. The summed E-state index contributed by atoms with van der Waals surface area (Å²) in [7, 11) is 0. The van der Waals surface area contributed by atoms with Crippen molar-refractivity contribution in [3.8, 4) is 17.2 Å². The van der Waals surface area contributed by atoms with Crippen LogP contribution in [0.3, 0.4) is 0 Å². The summed E-state index contributed by atoms with van der Waals surface area (Å²) in [4.78, 5) is 23.7. The third-order valence-corrected chi connectivity index (χ3v) is 5.43. The highest BCUT2D eigenvalue weighted by Gasteiger charge is 2.31. The molecule has 1 saturated heterocycles. The average molecular weight is 533 g/mol. The quantitative estimate of drug-likeness (QED) is 0.301. The predicted octanol–water partition coefficient (Wildman–Crippen LogP) is 5.49. The third kappa shape index (κ3) is 7.45. The number of carbonyl (C=O) groups excluding carboxylic acids is 1. The molecule has 9 nitrogen and oxygen atoms in total.